The van der Waals surface area contributed by atoms with E-state index in [-0.39, 0.29) is 11.6 Å². The van der Waals surface area contributed by atoms with Crippen LogP contribution in [0.15, 0.2) is 0 Å². The van der Waals surface area contributed by atoms with Gasteiger partial charge >= 0.3 is 6.03 Å². The third-order valence-corrected chi connectivity index (χ3v) is 7.13. The fourth-order valence-electron chi connectivity index (χ4n) is 5.36. The number of tetrazole rings is 1. The van der Waals surface area contributed by atoms with Crippen molar-refractivity contribution in [3.05, 3.63) is 5.82 Å². The lowest BCUT2D eigenvalue weighted by Crippen LogP contribution is -2.59. The van der Waals surface area contributed by atoms with E-state index in [1.807, 2.05) is 4.90 Å². The van der Waals surface area contributed by atoms with Gasteiger partial charge in [0.2, 0.25) is 0 Å². The highest BCUT2D eigenvalue weighted by Crippen LogP contribution is 2.38. The Bertz CT molecular complexity index is 663. The number of aromatic nitrogens is 4. The predicted molar refractivity (Wildman–Crippen MR) is 107 cm³/mol. The number of amides is 2. The molecule has 0 bridgehead atoms. The van der Waals surface area contributed by atoms with Gasteiger partial charge in [-0.1, -0.05) is 32.1 Å². The molecule has 3 aliphatic rings. The van der Waals surface area contributed by atoms with Crippen molar-refractivity contribution < 1.29 is 4.79 Å². The van der Waals surface area contributed by atoms with Crippen molar-refractivity contribution in [1.29, 1.82) is 0 Å². The number of hydrogen-bond donors (Lipinski definition) is 1. The highest BCUT2D eigenvalue weighted by atomic mass is 16.2. The normalized spacial score (nSPS) is 27.5. The summed E-state index contributed by atoms with van der Waals surface area (Å²) in [7, 11) is 4.19. The van der Waals surface area contributed by atoms with Crippen LogP contribution < -0.4 is 5.32 Å². The largest absolute Gasteiger partial charge is 0.335 e. The van der Waals surface area contributed by atoms with Crippen LogP contribution in [0, 0.1) is 0 Å². The second-order valence-corrected chi connectivity index (χ2v) is 9.12. The van der Waals surface area contributed by atoms with Crippen LogP contribution in [-0.4, -0.2) is 69.3 Å². The molecule has 2 saturated carbocycles. The zero-order chi connectivity index (χ0) is 19.6. The lowest BCUT2D eigenvalue weighted by Gasteiger charge is -2.46. The number of carbonyl (C=O) groups is 1. The third-order valence-electron chi connectivity index (χ3n) is 7.13. The first kappa shape index (κ1) is 19.6. The lowest BCUT2D eigenvalue weighted by molar-refractivity contribution is 0.0435. The third kappa shape index (κ3) is 3.75. The molecule has 0 spiro atoms. The van der Waals surface area contributed by atoms with E-state index in [4.69, 9.17) is 0 Å². The van der Waals surface area contributed by atoms with Crippen molar-refractivity contribution in [1.82, 2.24) is 35.3 Å². The number of nitrogens with zero attached hydrogens (tertiary/aromatic N) is 6. The van der Waals surface area contributed by atoms with Crippen LogP contribution >= 0.6 is 0 Å². The van der Waals surface area contributed by atoms with Gasteiger partial charge in [-0.25, -0.2) is 9.48 Å². The highest BCUT2D eigenvalue weighted by molar-refractivity contribution is 5.74. The Morgan fingerprint density at radius 3 is 2.50 bits per heavy atom. The van der Waals surface area contributed by atoms with Gasteiger partial charge in [-0.2, -0.15) is 0 Å². The van der Waals surface area contributed by atoms with Crippen molar-refractivity contribution in [2.45, 2.75) is 88.3 Å². The first-order valence-electron chi connectivity index (χ1n) is 11.1. The van der Waals surface area contributed by atoms with E-state index in [1.54, 1.807) is 0 Å². The van der Waals surface area contributed by atoms with Crippen LogP contribution in [0.1, 0.15) is 82.5 Å². The van der Waals surface area contributed by atoms with E-state index < -0.39 is 0 Å². The predicted octanol–water partition coefficient (Wildman–Crippen LogP) is 2.68. The fraction of sp³-hybridized carbons (Fsp3) is 0.900. The maximum Gasteiger partial charge on any atom is 0.317 e. The molecule has 3 fully saturated rings. The molecule has 2 aliphatic carbocycles. The summed E-state index contributed by atoms with van der Waals surface area (Å²) in [6.45, 7) is 1.45. The summed E-state index contributed by atoms with van der Waals surface area (Å²) in [6.07, 6.45) is 12.7. The molecule has 4 rings (SSSR count). The Labute approximate surface area is 168 Å². The minimum absolute atomic E-state index is 0.0812. The highest BCUT2D eigenvalue weighted by Gasteiger charge is 2.45. The first-order chi connectivity index (χ1) is 13.6. The molecule has 1 aromatic heterocycles. The number of urea groups is 1. The monoisotopic (exact) mass is 389 g/mol. The Kier molecular flexibility index (Phi) is 5.85. The summed E-state index contributed by atoms with van der Waals surface area (Å²) in [5.41, 5.74) is -0.325. The van der Waals surface area contributed by atoms with Crippen molar-refractivity contribution >= 4 is 6.03 Å². The SMILES string of the molecule is CN(C)C1(c2nnnn2C2CCCC2)CCCN(C(=O)NC2CCCCC2)C1. The van der Waals surface area contributed by atoms with E-state index >= 15 is 0 Å². The van der Waals surface area contributed by atoms with Crippen LogP contribution in [0.25, 0.3) is 0 Å². The number of hydrogen-bond acceptors (Lipinski definition) is 5. The van der Waals surface area contributed by atoms with E-state index in [2.05, 4.69) is 44.5 Å². The molecule has 1 aromatic rings. The summed E-state index contributed by atoms with van der Waals surface area (Å²) in [5.74, 6) is 0.930. The Hall–Kier alpha value is -1.70. The molecule has 1 N–H and O–H groups in total. The number of likely N-dealkylation sites (tertiary alicyclic amines) is 1. The van der Waals surface area contributed by atoms with Crippen molar-refractivity contribution in [3.8, 4) is 0 Å². The maximum absolute atomic E-state index is 13.0. The van der Waals surface area contributed by atoms with E-state index in [1.165, 1.54) is 32.1 Å². The number of piperidine rings is 1. The van der Waals surface area contributed by atoms with Gasteiger partial charge in [0.1, 0.15) is 5.54 Å². The second-order valence-electron chi connectivity index (χ2n) is 9.12. The average Bonchev–Trinajstić information content (AvgIpc) is 3.40. The van der Waals surface area contributed by atoms with Crippen LogP contribution in [0.4, 0.5) is 4.79 Å². The molecule has 0 aromatic carbocycles. The van der Waals surface area contributed by atoms with Crippen molar-refractivity contribution in [2.24, 2.45) is 0 Å². The molecule has 8 heteroatoms. The molecule has 1 atom stereocenters. The molecular formula is C20H35N7O. The molecule has 0 radical (unpaired) electrons. The van der Waals surface area contributed by atoms with Crippen LogP contribution in [-0.2, 0) is 5.54 Å². The summed E-state index contributed by atoms with van der Waals surface area (Å²) in [4.78, 5) is 17.2. The molecule has 8 nitrogen and oxygen atoms in total. The lowest BCUT2D eigenvalue weighted by atomic mass is 9.86. The number of rotatable bonds is 4. The average molecular weight is 390 g/mol. The summed E-state index contributed by atoms with van der Waals surface area (Å²) < 4.78 is 2.07. The first-order valence-corrected chi connectivity index (χ1v) is 11.1. The molecule has 2 heterocycles. The van der Waals surface area contributed by atoms with Gasteiger partial charge < -0.3 is 10.2 Å². The van der Waals surface area contributed by atoms with Gasteiger partial charge in [0, 0.05) is 19.1 Å². The quantitative estimate of drug-likeness (QED) is 0.856. The van der Waals surface area contributed by atoms with Gasteiger partial charge in [-0.15, -0.1) is 5.10 Å². The second kappa shape index (κ2) is 8.35. The minimum Gasteiger partial charge on any atom is -0.335 e. The Morgan fingerprint density at radius 2 is 1.79 bits per heavy atom. The van der Waals surface area contributed by atoms with Crippen molar-refractivity contribution in [2.75, 3.05) is 27.2 Å². The van der Waals surface area contributed by atoms with Crippen LogP contribution in [0.5, 0.6) is 0 Å². The van der Waals surface area contributed by atoms with Gasteiger partial charge in [-0.3, -0.25) is 4.90 Å². The number of likely N-dealkylation sites (N-methyl/N-ethyl adjacent to an activating group) is 1. The van der Waals surface area contributed by atoms with Crippen molar-refractivity contribution in [3.63, 3.8) is 0 Å². The molecule has 1 unspecified atom stereocenters. The van der Waals surface area contributed by atoms with Gasteiger partial charge in [0.25, 0.3) is 0 Å². The smallest absolute Gasteiger partial charge is 0.317 e. The van der Waals surface area contributed by atoms with E-state index in [9.17, 15) is 4.79 Å². The van der Waals surface area contributed by atoms with Gasteiger partial charge in [0.15, 0.2) is 5.82 Å². The zero-order valence-electron chi connectivity index (χ0n) is 17.4. The maximum atomic E-state index is 13.0. The number of carbonyl (C=O) groups excluding carboxylic acids is 1. The summed E-state index contributed by atoms with van der Waals surface area (Å²) in [6, 6.07) is 0.812. The Balaban J connectivity index is 1.53. The van der Waals surface area contributed by atoms with Crippen LogP contribution in [0.2, 0.25) is 0 Å². The molecule has 1 aliphatic heterocycles. The van der Waals surface area contributed by atoms with Gasteiger partial charge in [-0.05, 0) is 63.0 Å². The molecule has 156 valence electrons. The Morgan fingerprint density at radius 1 is 1.07 bits per heavy atom. The van der Waals surface area contributed by atoms with E-state index in [0.29, 0.717) is 18.6 Å². The zero-order valence-corrected chi connectivity index (χ0v) is 17.4. The topological polar surface area (TPSA) is 79.2 Å². The fourth-order valence-corrected chi connectivity index (χ4v) is 5.36. The summed E-state index contributed by atoms with van der Waals surface area (Å²) in [5, 5.41) is 16.2. The standard InChI is InChI=1S/C20H35N7O/c1-25(2)20(18-22-23-24-27(18)17-11-6-7-12-17)13-8-14-26(15-20)19(28)21-16-9-4-3-5-10-16/h16-17H,3-15H2,1-2H3,(H,21,28). The molecule has 2 amide bonds. The number of nitrogens with one attached hydrogen (secondary N) is 1. The van der Waals surface area contributed by atoms with Crippen LogP contribution in [0.3, 0.4) is 0 Å². The molecule has 1 saturated heterocycles. The molecular weight excluding hydrogens is 354 g/mol. The van der Waals surface area contributed by atoms with E-state index in [0.717, 1.165) is 50.9 Å². The molecule has 28 heavy (non-hydrogen) atoms. The van der Waals surface area contributed by atoms with Gasteiger partial charge in [0.05, 0.1) is 6.04 Å². The minimum atomic E-state index is -0.325. The summed E-state index contributed by atoms with van der Waals surface area (Å²) >= 11 is 0.